The Kier molecular flexibility index (Phi) is 9.33. The Balaban J connectivity index is 0.00000156. The summed E-state index contributed by atoms with van der Waals surface area (Å²) >= 11 is 1.80. The summed E-state index contributed by atoms with van der Waals surface area (Å²) in [6.07, 6.45) is 6.24. The molecule has 3 rings (SSSR count). The minimum absolute atomic E-state index is 0. The van der Waals surface area contributed by atoms with Crippen LogP contribution in [0.25, 0.3) is 0 Å². The van der Waals surface area contributed by atoms with E-state index in [-0.39, 0.29) is 47.9 Å². The summed E-state index contributed by atoms with van der Waals surface area (Å²) < 4.78 is 5.90. The van der Waals surface area contributed by atoms with Crippen LogP contribution in [0.2, 0.25) is 0 Å². The van der Waals surface area contributed by atoms with Crippen LogP contribution in [0.3, 0.4) is 0 Å². The highest BCUT2D eigenvalue weighted by Crippen LogP contribution is 2.36. The van der Waals surface area contributed by atoms with Gasteiger partial charge in [0.2, 0.25) is 5.91 Å². The predicted octanol–water partition coefficient (Wildman–Crippen LogP) is 2.42. The smallest absolute Gasteiger partial charge is 0.238 e. The van der Waals surface area contributed by atoms with Gasteiger partial charge in [-0.3, -0.25) is 15.0 Å². The van der Waals surface area contributed by atoms with Gasteiger partial charge in [0.1, 0.15) is 0 Å². The summed E-state index contributed by atoms with van der Waals surface area (Å²) in [5.74, 6) is 1.96. The Morgan fingerprint density at radius 2 is 2.00 bits per heavy atom. The standard InChI is InChI=1S/C17H31N3O2S.2ClH/c1-16(2)12-20(8-9-22-16)17(6-4-3-5-7-17)11-18-15(21)14-10-23-13-19-14;;/h14,19H,3-13H2,1-2H3,(H,18,21);2*1H. The maximum absolute atomic E-state index is 12.4. The van der Waals surface area contributed by atoms with Crippen molar-refractivity contribution in [2.24, 2.45) is 0 Å². The zero-order valence-corrected chi connectivity index (χ0v) is 17.8. The van der Waals surface area contributed by atoms with E-state index in [4.69, 9.17) is 4.74 Å². The lowest BCUT2D eigenvalue weighted by Gasteiger charge is -2.51. The van der Waals surface area contributed by atoms with E-state index in [0.717, 1.165) is 37.9 Å². The van der Waals surface area contributed by atoms with Crippen molar-refractivity contribution >= 4 is 42.5 Å². The third kappa shape index (κ3) is 5.88. The van der Waals surface area contributed by atoms with Gasteiger partial charge >= 0.3 is 0 Å². The molecule has 0 aromatic heterocycles. The number of ether oxygens (including phenoxy) is 1. The van der Waals surface area contributed by atoms with Gasteiger partial charge in [-0.2, -0.15) is 0 Å². The van der Waals surface area contributed by atoms with E-state index in [1.165, 1.54) is 32.1 Å². The molecule has 2 heterocycles. The fourth-order valence-electron chi connectivity index (χ4n) is 4.17. The first-order chi connectivity index (χ1) is 11.0. The lowest BCUT2D eigenvalue weighted by Crippen LogP contribution is -2.63. The monoisotopic (exact) mass is 413 g/mol. The van der Waals surface area contributed by atoms with E-state index in [9.17, 15) is 4.79 Å². The van der Waals surface area contributed by atoms with Crippen molar-refractivity contribution < 1.29 is 9.53 Å². The Labute approximate surface area is 168 Å². The molecular weight excluding hydrogens is 381 g/mol. The van der Waals surface area contributed by atoms with Gasteiger partial charge in [0.15, 0.2) is 0 Å². The van der Waals surface area contributed by atoms with Gasteiger partial charge in [0.05, 0.1) is 18.2 Å². The number of amides is 1. The van der Waals surface area contributed by atoms with Crippen molar-refractivity contribution in [3.63, 3.8) is 0 Å². The molecule has 148 valence electrons. The Bertz CT molecular complexity index is 428. The van der Waals surface area contributed by atoms with Crippen LogP contribution in [-0.2, 0) is 9.53 Å². The SMILES string of the molecule is CC1(C)CN(C2(CNC(=O)C3CSCN3)CCCCC2)CCO1.Cl.Cl. The Morgan fingerprint density at radius 1 is 1.28 bits per heavy atom. The molecule has 0 bridgehead atoms. The molecule has 0 spiro atoms. The maximum Gasteiger partial charge on any atom is 0.238 e. The molecule has 0 aromatic carbocycles. The van der Waals surface area contributed by atoms with Crippen LogP contribution in [0.1, 0.15) is 46.0 Å². The number of nitrogens with one attached hydrogen (secondary N) is 2. The third-order valence-corrected chi connectivity index (χ3v) is 6.45. The first-order valence-electron chi connectivity index (χ1n) is 8.99. The van der Waals surface area contributed by atoms with Gasteiger partial charge in [-0.1, -0.05) is 19.3 Å². The molecule has 8 heteroatoms. The molecule has 1 unspecified atom stereocenters. The second-order valence-electron chi connectivity index (χ2n) is 7.80. The average molecular weight is 414 g/mol. The fraction of sp³-hybridized carbons (Fsp3) is 0.941. The molecule has 3 fully saturated rings. The predicted molar refractivity (Wildman–Crippen MR) is 109 cm³/mol. The second-order valence-corrected chi connectivity index (χ2v) is 8.83. The maximum atomic E-state index is 12.4. The number of hydrogen-bond donors (Lipinski definition) is 2. The molecule has 1 saturated carbocycles. The van der Waals surface area contributed by atoms with Crippen LogP contribution < -0.4 is 10.6 Å². The summed E-state index contributed by atoms with van der Waals surface area (Å²) in [6.45, 7) is 7.87. The fourth-order valence-corrected chi connectivity index (χ4v) is 5.12. The first kappa shape index (κ1) is 23.3. The lowest BCUT2D eigenvalue weighted by molar-refractivity contribution is -0.130. The van der Waals surface area contributed by atoms with E-state index in [2.05, 4.69) is 29.4 Å². The molecule has 2 aliphatic heterocycles. The number of thioether (sulfide) groups is 1. The van der Waals surface area contributed by atoms with E-state index < -0.39 is 0 Å². The van der Waals surface area contributed by atoms with E-state index in [1.807, 2.05) is 0 Å². The van der Waals surface area contributed by atoms with Crippen molar-refractivity contribution in [3.8, 4) is 0 Å². The highest BCUT2D eigenvalue weighted by molar-refractivity contribution is 7.99. The average Bonchev–Trinajstić information content (AvgIpc) is 3.07. The molecule has 2 N–H and O–H groups in total. The first-order valence-corrected chi connectivity index (χ1v) is 10.1. The number of carbonyl (C=O) groups excluding carboxylic acids is 1. The zero-order valence-electron chi connectivity index (χ0n) is 15.3. The normalized spacial score (nSPS) is 28.5. The quantitative estimate of drug-likeness (QED) is 0.740. The van der Waals surface area contributed by atoms with E-state index in [0.29, 0.717) is 0 Å². The van der Waals surface area contributed by atoms with Crippen LogP contribution in [0.15, 0.2) is 0 Å². The van der Waals surface area contributed by atoms with Crippen molar-refractivity contribution in [2.75, 3.05) is 37.9 Å². The van der Waals surface area contributed by atoms with Crippen LogP contribution in [0.5, 0.6) is 0 Å². The number of halogens is 2. The van der Waals surface area contributed by atoms with Crippen LogP contribution in [-0.4, -0.2) is 65.9 Å². The van der Waals surface area contributed by atoms with Gasteiger partial charge < -0.3 is 10.1 Å². The van der Waals surface area contributed by atoms with Gasteiger partial charge in [0.25, 0.3) is 0 Å². The molecule has 1 aliphatic carbocycles. The Hall–Kier alpha value is 0.280. The molecule has 1 amide bonds. The van der Waals surface area contributed by atoms with Gasteiger partial charge in [-0.15, -0.1) is 36.6 Å². The van der Waals surface area contributed by atoms with Gasteiger partial charge in [-0.25, -0.2) is 0 Å². The number of morpholine rings is 1. The minimum Gasteiger partial charge on any atom is -0.373 e. The summed E-state index contributed by atoms with van der Waals surface area (Å²) in [4.78, 5) is 15.0. The van der Waals surface area contributed by atoms with Crippen molar-refractivity contribution in [3.05, 3.63) is 0 Å². The van der Waals surface area contributed by atoms with Crippen LogP contribution in [0.4, 0.5) is 0 Å². The number of rotatable bonds is 4. The molecule has 2 saturated heterocycles. The molecule has 3 aliphatic rings. The van der Waals surface area contributed by atoms with Crippen molar-refractivity contribution in [1.82, 2.24) is 15.5 Å². The highest BCUT2D eigenvalue weighted by atomic mass is 35.5. The largest absolute Gasteiger partial charge is 0.373 e. The zero-order chi connectivity index (χ0) is 16.3. The molecule has 1 atom stereocenters. The van der Waals surface area contributed by atoms with Crippen molar-refractivity contribution in [2.45, 2.75) is 63.1 Å². The molecule has 25 heavy (non-hydrogen) atoms. The van der Waals surface area contributed by atoms with Crippen molar-refractivity contribution in [1.29, 1.82) is 0 Å². The van der Waals surface area contributed by atoms with Gasteiger partial charge in [-0.05, 0) is 26.7 Å². The minimum atomic E-state index is -0.0870. The summed E-state index contributed by atoms with van der Waals surface area (Å²) in [5.41, 5.74) is 0.0388. The highest BCUT2D eigenvalue weighted by Gasteiger charge is 2.42. The third-order valence-electron chi connectivity index (χ3n) is 5.51. The lowest BCUT2D eigenvalue weighted by atomic mass is 9.79. The van der Waals surface area contributed by atoms with Crippen LogP contribution >= 0.6 is 36.6 Å². The summed E-state index contributed by atoms with van der Waals surface area (Å²) in [5, 5.41) is 6.53. The summed E-state index contributed by atoms with van der Waals surface area (Å²) in [6, 6.07) is -0.0122. The topological polar surface area (TPSA) is 53.6 Å². The number of hydrogen-bond acceptors (Lipinski definition) is 5. The number of carbonyl (C=O) groups is 1. The summed E-state index contributed by atoms with van der Waals surface area (Å²) in [7, 11) is 0. The van der Waals surface area contributed by atoms with Gasteiger partial charge in [0, 0.05) is 36.8 Å². The molecule has 5 nitrogen and oxygen atoms in total. The molecule has 0 radical (unpaired) electrons. The molecular formula is C17H33Cl2N3O2S. The van der Waals surface area contributed by atoms with E-state index >= 15 is 0 Å². The van der Waals surface area contributed by atoms with E-state index in [1.54, 1.807) is 11.8 Å². The second kappa shape index (κ2) is 10.00. The Morgan fingerprint density at radius 3 is 2.60 bits per heavy atom. The number of nitrogens with zero attached hydrogens (tertiary/aromatic N) is 1. The van der Waals surface area contributed by atoms with Crippen LogP contribution in [0, 0.1) is 0 Å². The molecule has 0 aromatic rings.